The highest BCUT2D eigenvalue weighted by Gasteiger charge is 2.28. The number of nitriles is 1. The first-order valence-corrected chi connectivity index (χ1v) is 14.4. The maximum atomic E-state index is 13.1. The van der Waals surface area contributed by atoms with Crippen LogP contribution >= 0.6 is 0 Å². The Hall–Kier alpha value is -3.97. The van der Waals surface area contributed by atoms with Crippen LogP contribution in [0, 0.1) is 11.3 Å². The van der Waals surface area contributed by atoms with Gasteiger partial charge in [0.05, 0.1) is 34.1 Å². The number of amides is 2. The number of urea groups is 1. The third-order valence-electron chi connectivity index (χ3n) is 7.62. The number of rotatable bonds is 8. The Balaban J connectivity index is 1.32. The lowest BCUT2D eigenvalue weighted by Crippen LogP contribution is -2.41. The van der Waals surface area contributed by atoms with E-state index in [0.29, 0.717) is 29.6 Å². The molecule has 0 saturated heterocycles. The molecule has 0 bridgehead atoms. The molecule has 2 N–H and O–H groups in total. The summed E-state index contributed by atoms with van der Waals surface area (Å²) >= 11 is 0. The van der Waals surface area contributed by atoms with Crippen LogP contribution in [0.4, 0.5) is 10.5 Å². The largest absolute Gasteiger partial charge is 0.336 e. The highest BCUT2D eigenvalue weighted by Crippen LogP contribution is 2.43. The van der Waals surface area contributed by atoms with Crippen molar-refractivity contribution < 1.29 is 9.00 Å². The van der Waals surface area contributed by atoms with Crippen molar-refractivity contribution in [1.82, 2.24) is 24.6 Å². The molecule has 0 radical (unpaired) electrons. The molecule has 1 unspecified atom stereocenters. The lowest BCUT2D eigenvalue weighted by molar-refractivity contribution is 0.240. The first-order chi connectivity index (χ1) is 18.6. The number of nitrogens with zero attached hydrogens (tertiary/aromatic N) is 5. The summed E-state index contributed by atoms with van der Waals surface area (Å²) in [4.78, 5) is 17.0. The summed E-state index contributed by atoms with van der Waals surface area (Å²) in [6.45, 7) is 0.516. The van der Waals surface area contributed by atoms with Gasteiger partial charge in [0.15, 0.2) is 0 Å². The molecule has 2 aromatic carbocycles. The van der Waals surface area contributed by atoms with Crippen molar-refractivity contribution >= 4 is 33.4 Å². The van der Waals surface area contributed by atoms with E-state index in [4.69, 9.17) is 0 Å². The van der Waals surface area contributed by atoms with E-state index in [1.807, 2.05) is 42.5 Å². The van der Waals surface area contributed by atoms with Crippen LogP contribution in [0.1, 0.15) is 50.1 Å². The molecular formula is C28H29N7O2S. The summed E-state index contributed by atoms with van der Waals surface area (Å²) in [7, 11) is -1.21. The lowest BCUT2D eigenvalue weighted by Gasteiger charge is -2.30. The predicted octanol–water partition coefficient (Wildman–Crippen LogP) is 4.98. The number of aryl methyl sites for hydroxylation is 1. The fraction of sp³-hybridized carbons (Fsp3) is 0.357. The number of nitrogens with one attached hydrogen (secondary N) is 2. The van der Waals surface area contributed by atoms with Crippen LogP contribution in [0.15, 0.2) is 60.0 Å². The molecule has 0 aliphatic heterocycles. The van der Waals surface area contributed by atoms with Crippen molar-refractivity contribution in [2.24, 2.45) is 0 Å². The highest BCUT2D eigenvalue weighted by atomic mass is 32.2. The van der Waals surface area contributed by atoms with E-state index >= 15 is 0 Å². The summed E-state index contributed by atoms with van der Waals surface area (Å²) in [5.41, 5.74) is 4.07. The van der Waals surface area contributed by atoms with E-state index in [9.17, 15) is 14.3 Å². The van der Waals surface area contributed by atoms with E-state index in [1.54, 1.807) is 11.0 Å². The predicted molar refractivity (Wildman–Crippen MR) is 146 cm³/mol. The van der Waals surface area contributed by atoms with Crippen molar-refractivity contribution in [2.45, 2.75) is 62.0 Å². The van der Waals surface area contributed by atoms with Gasteiger partial charge in [-0.2, -0.15) is 10.4 Å². The number of fused-ring (bicyclic) bond motifs is 1. The monoisotopic (exact) mass is 527 g/mol. The van der Waals surface area contributed by atoms with Crippen molar-refractivity contribution in [2.75, 3.05) is 11.1 Å². The molecule has 2 heterocycles. The molecular weight excluding hydrogens is 498 g/mol. The van der Waals surface area contributed by atoms with Gasteiger partial charge in [-0.3, -0.25) is 8.89 Å². The number of benzene rings is 2. The molecule has 2 fully saturated rings. The molecule has 1 atom stereocenters. The Morgan fingerprint density at radius 3 is 2.53 bits per heavy atom. The number of carbonyl (C=O) groups excluding carboxylic acids is 1. The van der Waals surface area contributed by atoms with Gasteiger partial charge < -0.3 is 15.2 Å². The fourth-order valence-electron chi connectivity index (χ4n) is 5.11. The fourth-order valence-corrected chi connectivity index (χ4v) is 6.16. The SMILES string of the molecule is N#Cc1c(-c2ccc(NC(=O)NC3CCC3)cc2)n(C2CCC2)c2cc(S(=O)CCn3cncn3)ccc12. The van der Waals surface area contributed by atoms with Crippen LogP contribution in [0.5, 0.6) is 0 Å². The maximum Gasteiger partial charge on any atom is 0.319 e. The molecule has 2 saturated carbocycles. The second-order valence-electron chi connectivity index (χ2n) is 9.98. The number of carbonyl (C=O) groups is 1. The van der Waals surface area contributed by atoms with Gasteiger partial charge in [-0.25, -0.2) is 9.78 Å². The Kier molecular flexibility index (Phi) is 6.68. The minimum atomic E-state index is -1.21. The summed E-state index contributed by atoms with van der Waals surface area (Å²) < 4.78 is 17.1. The summed E-state index contributed by atoms with van der Waals surface area (Å²) in [6, 6.07) is 16.3. The van der Waals surface area contributed by atoms with E-state index in [2.05, 4.69) is 31.4 Å². The average Bonchev–Trinajstić information content (AvgIpc) is 3.50. The molecule has 4 aromatic rings. The van der Waals surface area contributed by atoms with E-state index in [1.165, 1.54) is 6.33 Å². The van der Waals surface area contributed by atoms with Crippen molar-refractivity contribution in [3.63, 3.8) is 0 Å². The van der Waals surface area contributed by atoms with Crippen molar-refractivity contribution in [3.8, 4) is 17.3 Å². The van der Waals surface area contributed by atoms with Crippen LogP contribution in [-0.2, 0) is 17.3 Å². The summed E-state index contributed by atoms with van der Waals surface area (Å²) in [5.74, 6) is 0.430. The second-order valence-corrected chi connectivity index (χ2v) is 11.6. The second kappa shape index (κ2) is 10.4. The highest BCUT2D eigenvalue weighted by molar-refractivity contribution is 7.85. The van der Waals surface area contributed by atoms with Crippen LogP contribution < -0.4 is 10.6 Å². The smallest absolute Gasteiger partial charge is 0.319 e. The molecule has 194 valence electrons. The molecule has 2 amide bonds. The number of anilines is 1. The van der Waals surface area contributed by atoms with Gasteiger partial charge >= 0.3 is 6.03 Å². The molecule has 38 heavy (non-hydrogen) atoms. The first-order valence-electron chi connectivity index (χ1n) is 13.1. The summed E-state index contributed by atoms with van der Waals surface area (Å²) in [5, 5.41) is 21.1. The number of hydrogen-bond donors (Lipinski definition) is 2. The first kappa shape index (κ1) is 24.4. The standard InChI is InChI=1S/C28H29N7O2S/c29-16-25-24-12-11-23(38(37)14-13-34-18-30-17-31-34)15-26(24)35(22-5-2-6-22)27(25)19-7-9-21(10-8-19)33-28(36)32-20-3-1-4-20/h7-12,15,17-18,20,22H,1-6,13-14H2,(H2,32,33,36). The molecule has 10 heteroatoms. The normalized spacial score (nSPS) is 16.4. The quantitative estimate of drug-likeness (QED) is 0.335. The van der Waals surface area contributed by atoms with Crippen LogP contribution in [-0.4, -0.2) is 41.4 Å². The Bertz CT molecular complexity index is 1530. The number of hydrogen-bond acceptors (Lipinski definition) is 5. The van der Waals surface area contributed by atoms with Gasteiger partial charge in [0.1, 0.15) is 18.7 Å². The molecule has 0 spiro atoms. The molecule has 6 rings (SSSR count). The minimum Gasteiger partial charge on any atom is -0.336 e. The molecule has 2 aliphatic rings. The van der Waals surface area contributed by atoms with Crippen LogP contribution in [0.2, 0.25) is 0 Å². The van der Waals surface area contributed by atoms with Crippen molar-refractivity contribution in [3.05, 3.63) is 60.7 Å². The minimum absolute atomic E-state index is 0.187. The Morgan fingerprint density at radius 2 is 1.89 bits per heavy atom. The Labute approximate surface area is 223 Å². The zero-order valence-electron chi connectivity index (χ0n) is 21.0. The van der Waals surface area contributed by atoms with Gasteiger partial charge in [-0.05, 0) is 68.4 Å². The number of aromatic nitrogens is 4. The molecule has 2 aliphatic carbocycles. The van der Waals surface area contributed by atoms with E-state index < -0.39 is 10.8 Å². The van der Waals surface area contributed by atoms with Gasteiger partial charge in [0.25, 0.3) is 0 Å². The zero-order chi connectivity index (χ0) is 26.1. The van der Waals surface area contributed by atoms with Crippen LogP contribution in [0.25, 0.3) is 22.2 Å². The third-order valence-corrected chi connectivity index (χ3v) is 8.95. The molecule has 9 nitrogen and oxygen atoms in total. The maximum absolute atomic E-state index is 13.1. The van der Waals surface area contributed by atoms with Gasteiger partial charge in [0, 0.05) is 33.8 Å². The zero-order valence-corrected chi connectivity index (χ0v) is 21.8. The topological polar surface area (TPSA) is 118 Å². The van der Waals surface area contributed by atoms with Gasteiger partial charge in [0.2, 0.25) is 0 Å². The Morgan fingerprint density at radius 1 is 1.11 bits per heavy atom. The van der Waals surface area contributed by atoms with Gasteiger partial charge in [-0.15, -0.1) is 0 Å². The summed E-state index contributed by atoms with van der Waals surface area (Å²) in [6.07, 6.45) is 9.56. The van der Waals surface area contributed by atoms with E-state index in [-0.39, 0.29) is 12.1 Å². The van der Waals surface area contributed by atoms with E-state index in [0.717, 1.165) is 65.6 Å². The van der Waals surface area contributed by atoms with Crippen LogP contribution in [0.3, 0.4) is 0 Å². The molecule has 2 aromatic heterocycles. The lowest BCUT2D eigenvalue weighted by atomic mass is 9.92. The average molecular weight is 528 g/mol. The van der Waals surface area contributed by atoms with Crippen molar-refractivity contribution in [1.29, 1.82) is 5.26 Å². The third kappa shape index (κ3) is 4.70. The van der Waals surface area contributed by atoms with Gasteiger partial charge in [-0.1, -0.05) is 18.2 Å².